The number of hydrogen-bond acceptors (Lipinski definition) is 4. The van der Waals surface area contributed by atoms with Crippen LogP contribution in [0, 0.1) is 0 Å². The van der Waals surface area contributed by atoms with Gasteiger partial charge in [-0.25, -0.2) is 0 Å². The molecular formula is C15H20BNO4. The molecule has 0 radical (unpaired) electrons. The first-order valence-corrected chi connectivity index (χ1v) is 7.50. The van der Waals surface area contributed by atoms with Crippen LogP contribution in [0.5, 0.6) is 0 Å². The summed E-state index contributed by atoms with van der Waals surface area (Å²) in [4.78, 5) is 12.2. The summed E-state index contributed by atoms with van der Waals surface area (Å²) in [6.45, 7) is 0.653. The van der Waals surface area contributed by atoms with E-state index in [4.69, 9.17) is 4.65 Å². The van der Waals surface area contributed by atoms with Gasteiger partial charge in [-0.1, -0.05) is 25.3 Å². The van der Waals surface area contributed by atoms with E-state index in [2.05, 4.69) is 5.32 Å². The van der Waals surface area contributed by atoms with E-state index in [1.807, 2.05) is 0 Å². The van der Waals surface area contributed by atoms with Crippen molar-refractivity contribution in [3.63, 3.8) is 0 Å². The Morgan fingerprint density at radius 2 is 2.10 bits per heavy atom. The minimum Gasteiger partial charge on any atom is -0.423 e. The SMILES string of the molecule is O=C(NCC1(O)CCCCC1)c1ccc2c(c1)B(O)OC2. The molecule has 1 aliphatic heterocycles. The molecule has 0 saturated heterocycles. The van der Waals surface area contributed by atoms with Gasteiger partial charge in [-0.2, -0.15) is 0 Å². The quantitative estimate of drug-likeness (QED) is 0.701. The van der Waals surface area contributed by atoms with Crippen LogP contribution in [-0.4, -0.2) is 35.3 Å². The largest absolute Gasteiger partial charge is 0.491 e. The number of nitrogens with one attached hydrogen (secondary N) is 1. The number of amides is 1. The molecule has 3 rings (SSSR count). The van der Waals surface area contributed by atoms with E-state index in [1.54, 1.807) is 18.2 Å². The molecule has 5 nitrogen and oxygen atoms in total. The molecule has 3 N–H and O–H groups in total. The summed E-state index contributed by atoms with van der Waals surface area (Å²) in [6.07, 6.45) is 4.65. The van der Waals surface area contributed by atoms with Crippen molar-refractivity contribution in [1.82, 2.24) is 5.32 Å². The lowest BCUT2D eigenvalue weighted by Crippen LogP contribution is -2.44. The summed E-state index contributed by atoms with van der Waals surface area (Å²) in [6, 6.07) is 5.18. The maximum Gasteiger partial charge on any atom is 0.491 e. The van der Waals surface area contributed by atoms with Gasteiger partial charge in [0.05, 0.1) is 12.2 Å². The van der Waals surface area contributed by atoms with Crippen LogP contribution in [0.25, 0.3) is 0 Å². The summed E-state index contributed by atoms with van der Waals surface area (Å²) in [7, 11) is -0.949. The van der Waals surface area contributed by atoms with Crippen LogP contribution in [0.2, 0.25) is 0 Å². The molecular weight excluding hydrogens is 269 g/mol. The smallest absolute Gasteiger partial charge is 0.423 e. The summed E-state index contributed by atoms with van der Waals surface area (Å²) in [5, 5.41) is 22.9. The number of rotatable bonds is 3. The Bertz CT molecular complexity index is 542. The topological polar surface area (TPSA) is 78.8 Å². The van der Waals surface area contributed by atoms with E-state index in [0.29, 0.717) is 17.6 Å². The molecule has 1 aromatic carbocycles. The molecule has 1 heterocycles. The zero-order valence-corrected chi connectivity index (χ0v) is 12.0. The number of fused-ring (bicyclic) bond motifs is 1. The highest BCUT2D eigenvalue weighted by atomic mass is 16.5. The van der Waals surface area contributed by atoms with Gasteiger partial charge >= 0.3 is 7.12 Å². The Morgan fingerprint density at radius 1 is 1.33 bits per heavy atom. The molecule has 1 aliphatic carbocycles. The first-order valence-electron chi connectivity index (χ1n) is 7.50. The Balaban J connectivity index is 1.64. The highest BCUT2D eigenvalue weighted by Gasteiger charge is 2.31. The molecule has 2 aliphatic rings. The van der Waals surface area contributed by atoms with Gasteiger partial charge in [-0.15, -0.1) is 0 Å². The molecule has 0 spiro atoms. The minimum atomic E-state index is -0.949. The van der Waals surface area contributed by atoms with Crippen LogP contribution >= 0.6 is 0 Å². The van der Waals surface area contributed by atoms with Crippen LogP contribution in [0.15, 0.2) is 18.2 Å². The molecule has 0 unspecified atom stereocenters. The monoisotopic (exact) mass is 289 g/mol. The van der Waals surface area contributed by atoms with Crippen LogP contribution in [0.3, 0.4) is 0 Å². The lowest BCUT2D eigenvalue weighted by atomic mass is 9.78. The van der Waals surface area contributed by atoms with Crippen molar-refractivity contribution in [3.8, 4) is 0 Å². The van der Waals surface area contributed by atoms with Gasteiger partial charge in [-0.05, 0) is 36.0 Å². The highest BCUT2D eigenvalue weighted by Crippen LogP contribution is 2.27. The number of carbonyl (C=O) groups excluding carboxylic acids is 1. The first-order chi connectivity index (χ1) is 10.1. The zero-order chi connectivity index (χ0) is 14.9. The standard InChI is InChI=1S/C15H20BNO4/c18-14(17-10-15(19)6-2-1-3-7-15)11-4-5-12-9-21-16(20)13(12)8-11/h4-5,8,19-20H,1-3,6-7,9-10H2,(H,17,18). The lowest BCUT2D eigenvalue weighted by Gasteiger charge is -2.32. The first kappa shape index (κ1) is 14.6. The van der Waals surface area contributed by atoms with E-state index >= 15 is 0 Å². The maximum atomic E-state index is 12.2. The Labute approximate surface area is 124 Å². The number of aliphatic hydroxyl groups is 1. The van der Waals surface area contributed by atoms with Crippen LogP contribution in [0.4, 0.5) is 0 Å². The van der Waals surface area contributed by atoms with E-state index in [1.165, 1.54) is 0 Å². The van der Waals surface area contributed by atoms with Crippen molar-refractivity contribution in [2.24, 2.45) is 0 Å². The van der Waals surface area contributed by atoms with Gasteiger partial charge in [0.1, 0.15) is 0 Å². The second kappa shape index (κ2) is 5.79. The third kappa shape index (κ3) is 3.12. The predicted molar refractivity (Wildman–Crippen MR) is 79.2 cm³/mol. The van der Waals surface area contributed by atoms with Gasteiger partial charge in [0.25, 0.3) is 5.91 Å². The van der Waals surface area contributed by atoms with Crippen molar-refractivity contribution < 1.29 is 19.6 Å². The van der Waals surface area contributed by atoms with Gasteiger partial charge in [-0.3, -0.25) is 4.79 Å². The number of benzene rings is 1. The highest BCUT2D eigenvalue weighted by molar-refractivity contribution is 6.61. The van der Waals surface area contributed by atoms with E-state index < -0.39 is 12.7 Å². The molecule has 0 atom stereocenters. The third-order valence-electron chi connectivity index (χ3n) is 4.43. The molecule has 1 fully saturated rings. The van der Waals surface area contributed by atoms with Crippen molar-refractivity contribution >= 4 is 18.5 Å². The average molecular weight is 289 g/mol. The van der Waals surface area contributed by atoms with Crippen LogP contribution in [-0.2, 0) is 11.3 Å². The third-order valence-corrected chi connectivity index (χ3v) is 4.43. The van der Waals surface area contributed by atoms with Crippen molar-refractivity contribution in [3.05, 3.63) is 29.3 Å². The van der Waals surface area contributed by atoms with Gasteiger partial charge in [0, 0.05) is 12.1 Å². The molecule has 112 valence electrons. The Hall–Kier alpha value is -1.37. The van der Waals surface area contributed by atoms with Gasteiger partial charge < -0.3 is 20.1 Å². The maximum absolute atomic E-state index is 12.2. The van der Waals surface area contributed by atoms with Crippen molar-refractivity contribution in [2.45, 2.75) is 44.3 Å². The van der Waals surface area contributed by atoms with Gasteiger partial charge in [0.15, 0.2) is 0 Å². The summed E-state index contributed by atoms with van der Waals surface area (Å²) < 4.78 is 5.11. The lowest BCUT2D eigenvalue weighted by molar-refractivity contribution is 0.00526. The normalized spacial score (nSPS) is 20.2. The van der Waals surface area contributed by atoms with Crippen molar-refractivity contribution in [1.29, 1.82) is 0 Å². The minimum absolute atomic E-state index is 0.226. The van der Waals surface area contributed by atoms with E-state index in [9.17, 15) is 14.9 Å². The summed E-state index contributed by atoms with van der Waals surface area (Å²) in [5.74, 6) is -0.226. The van der Waals surface area contributed by atoms with Crippen molar-refractivity contribution in [2.75, 3.05) is 6.54 Å². The number of hydrogen-bond donors (Lipinski definition) is 3. The Morgan fingerprint density at radius 3 is 2.86 bits per heavy atom. The fourth-order valence-electron chi connectivity index (χ4n) is 3.09. The van der Waals surface area contributed by atoms with E-state index in [0.717, 1.165) is 37.7 Å². The Kier molecular flexibility index (Phi) is 4.02. The van der Waals surface area contributed by atoms with Gasteiger partial charge in [0.2, 0.25) is 0 Å². The zero-order valence-electron chi connectivity index (χ0n) is 12.0. The molecule has 1 aromatic rings. The fraction of sp³-hybridized carbons (Fsp3) is 0.533. The molecule has 0 aromatic heterocycles. The number of carbonyl (C=O) groups is 1. The molecule has 21 heavy (non-hydrogen) atoms. The van der Waals surface area contributed by atoms with Crippen LogP contribution < -0.4 is 10.8 Å². The molecule has 1 saturated carbocycles. The summed E-state index contributed by atoms with van der Waals surface area (Å²) >= 11 is 0. The second-order valence-electron chi connectivity index (χ2n) is 6.04. The summed E-state index contributed by atoms with van der Waals surface area (Å²) in [5.41, 5.74) is 1.27. The predicted octanol–water partition coefficient (Wildman–Crippen LogP) is 0.329. The van der Waals surface area contributed by atoms with Crippen LogP contribution in [0.1, 0.15) is 48.0 Å². The molecule has 1 amide bonds. The second-order valence-corrected chi connectivity index (χ2v) is 6.04. The average Bonchev–Trinajstić information content (AvgIpc) is 2.87. The molecule has 0 bridgehead atoms. The fourth-order valence-corrected chi connectivity index (χ4v) is 3.09. The van der Waals surface area contributed by atoms with E-state index in [-0.39, 0.29) is 12.5 Å². The molecule has 6 heteroatoms.